The Hall–Kier alpha value is -0.530. The van der Waals surface area contributed by atoms with E-state index in [1.807, 2.05) is 18.7 Å². The number of likely N-dealkylation sites (tertiary alicyclic amines) is 1. The first kappa shape index (κ1) is 13.5. The first-order valence-corrected chi connectivity index (χ1v) is 5.85. The van der Waals surface area contributed by atoms with Crippen LogP contribution in [0.4, 0.5) is 0 Å². The van der Waals surface area contributed by atoms with Crippen molar-refractivity contribution in [3.8, 4) is 0 Å². The van der Waals surface area contributed by atoms with Crippen LogP contribution in [0.1, 0.15) is 54.4 Å². The van der Waals surface area contributed by atoms with Crippen LogP contribution in [-0.2, 0) is 4.79 Å². The van der Waals surface area contributed by atoms with E-state index in [0.717, 1.165) is 12.8 Å². The fourth-order valence-electron chi connectivity index (χ4n) is 2.05. The highest BCUT2D eigenvalue weighted by molar-refractivity contribution is 5.79. The monoisotopic (exact) mass is 199 g/mol. The van der Waals surface area contributed by atoms with E-state index in [0.29, 0.717) is 23.9 Å². The third-order valence-corrected chi connectivity index (χ3v) is 2.63. The summed E-state index contributed by atoms with van der Waals surface area (Å²) in [6, 6.07) is 0.852. The molecule has 0 N–H and O–H groups in total. The summed E-state index contributed by atoms with van der Waals surface area (Å²) in [5.41, 5.74) is 0. The Morgan fingerprint density at radius 3 is 2.00 bits per heavy atom. The summed E-state index contributed by atoms with van der Waals surface area (Å²) in [6.07, 6.45) is 1.80. The predicted molar refractivity (Wildman–Crippen MR) is 61.2 cm³/mol. The molecule has 1 amide bonds. The van der Waals surface area contributed by atoms with E-state index in [-0.39, 0.29) is 0 Å². The fourth-order valence-corrected chi connectivity index (χ4v) is 2.05. The zero-order valence-electron chi connectivity index (χ0n) is 10.5. The van der Waals surface area contributed by atoms with Crippen molar-refractivity contribution in [2.45, 2.75) is 66.5 Å². The molecule has 1 aliphatic heterocycles. The van der Waals surface area contributed by atoms with Crippen molar-refractivity contribution in [1.82, 2.24) is 4.90 Å². The molecule has 14 heavy (non-hydrogen) atoms. The first-order valence-electron chi connectivity index (χ1n) is 5.85. The Balaban J connectivity index is 0.000000791. The molecule has 0 radical (unpaired) electrons. The number of rotatable bonds is 2. The largest absolute Gasteiger partial charge is 0.337 e. The molecule has 0 aromatic rings. The minimum atomic E-state index is 0.337. The SMILES string of the molecule is CC.CC(C)C1CCC(=O)N1C(C)C. The van der Waals surface area contributed by atoms with Gasteiger partial charge in [-0.25, -0.2) is 0 Å². The van der Waals surface area contributed by atoms with Crippen molar-refractivity contribution in [2.24, 2.45) is 5.92 Å². The second kappa shape index (κ2) is 6.05. The first-order chi connectivity index (χ1) is 6.54. The lowest BCUT2D eigenvalue weighted by atomic mass is 10.0. The molecule has 1 saturated heterocycles. The van der Waals surface area contributed by atoms with E-state index in [1.54, 1.807) is 0 Å². The van der Waals surface area contributed by atoms with E-state index in [1.165, 1.54) is 0 Å². The summed E-state index contributed by atoms with van der Waals surface area (Å²) in [6.45, 7) is 12.6. The van der Waals surface area contributed by atoms with Crippen LogP contribution in [0.5, 0.6) is 0 Å². The highest BCUT2D eigenvalue weighted by atomic mass is 16.2. The van der Waals surface area contributed by atoms with Crippen molar-refractivity contribution in [2.75, 3.05) is 0 Å². The number of hydrogen-bond acceptors (Lipinski definition) is 1. The zero-order valence-corrected chi connectivity index (χ0v) is 10.5. The molecular weight excluding hydrogens is 174 g/mol. The molecule has 0 saturated carbocycles. The van der Waals surface area contributed by atoms with E-state index in [9.17, 15) is 4.79 Å². The Bertz CT molecular complexity index is 175. The van der Waals surface area contributed by atoms with Crippen molar-refractivity contribution in [1.29, 1.82) is 0 Å². The average molecular weight is 199 g/mol. The number of nitrogens with zero attached hydrogens (tertiary/aromatic N) is 1. The maximum atomic E-state index is 11.5. The number of carbonyl (C=O) groups excluding carboxylic acids is 1. The minimum Gasteiger partial charge on any atom is -0.337 e. The Labute approximate surface area is 88.7 Å². The molecule has 0 aromatic heterocycles. The Morgan fingerprint density at radius 2 is 1.71 bits per heavy atom. The molecule has 1 heterocycles. The van der Waals surface area contributed by atoms with Gasteiger partial charge < -0.3 is 4.90 Å². The van der Waals surface area contributed by atoms with Gasteiger partial charge in [-0.3, -0.25) is 4.79 Å². The molecule has 1 fully saturated rings. The third kappa shape index (κ3) is 3.00. The molecule has 2 heteroatoms. The molecule has 1 unspecified atom stereocenters. The summed E-state index contributed by atoms with van der Waals surface area (Å²) >= 11 is 0. The van der Waals surface area contributed by atoms with Crippen molar-refractivity contribution in [3.63, 3.8) is 0 Å². The summed E-state index contributed by atoms with van der Waals surface area (Å²) in [4.78, 5) is 13.5. The molecule has 1 rings (SSSR count). The van der Waals surface area contributed by atoms with Crippen LogP contribution in [0.25, 0.3) is 0 Å². The van der Waals surface area contributed by atoms with Gasteiger partial charge in [-0.2, -0.15) is 0 Å². The van der Waals surface area contributed by atoms with Crippen LogP contribution < -0.4 is 0 Å². The Kier molecular flexibility index (Phi) is 5.82. The van der Waals surface area contributed by atoms with Gasteiger partial charge in [-0.15, -0.1) is 0 Å². The van der Waals surface area contributed by atoms with Gasteiger partial charge in [-0.05, 0) is 26.2 Å². The lowest BCUT2D eigenvalue weighted by Gasteiger charge is -2.31. The fraction of sp³-hybridized carbons (Fsp3) is 0.917. The van der Waals surface area contributed by atoms with Crippen LogP contribution in [-0.4, -0.2) is 22.9 Å². The topological polar surface area (TPSA) is 20.3 Å². The standard InChI is InChI=1S/C10H19NO.C2H6/c1-7(2)9-5-6-10(12)11(9)8(3)4;1-2/h7-9H,5-6H2,1-4H3;1-2H3. The highest BCUT2D eigenvalue weighted by Crippen LogP contribution is 2.26. The normalized spacial score (nSPS) is 21.6. The second-order valence-corrected chi connectivity index (χ2v) is 4.24. The van der Waals surface area contributed by atoms with E-state index in [2.05, 4.69) is 27.7 Å². The Morgan fingerprint density at radius 1 is 1.21 bits per heavy atom. The van der Waals surface area contributed by atoms with Crippen LogP contribution in [0.2, 0.25) is 0 Å². The van der Waals surface area contributed by atoms with Gasteiger partial charge in [0, 0.05) is 18.5 Å². The lowest BCUT2D eigenvalue weighted by Crippen LogP contribution is -2.41. The summed E-state index contributed by atoms with van der Waals surface area (Å²) in [5.74, 6) is 0.933. The predicted octanol–water partition coefficient (Wildman–Crippen LogP) is 3.07. The van der Waals surface area contributed by atoms with Crippen LogP contribution in [0, 0.1) is 5.92 Å². The van der Waals surface area contributed by atoms with Crippen molar-refractivity contribution >= 4 is 5.91 Å². The van der Waals surface area contributed by atoms with Crippen LogP contribution in [0.3, 0.4) is 0 Å². The molecule has 1 aliphatic rings. The maximum Gasteiger partial charge on any atom is 0.223 e. The van der Waals surface area contributed by atoms with Gasteiger partial charge in [0.05, 0.1) is 0 Å². The molecule has 0 aromatic carbocycles. The second-order valence-electron chi connectivity index (χ2n) is 4.24. The number of hydrogen-bond donors (Lipinski definition) is 0. The minimum absolute atomic E-state index is 0.337. The van der Waals surface area contributed by atoms with Gasteiger partial charge in [0.25, 0.3) is 0 Å². The summed E-state index contributed by atoms with van der Waals surface area (Å²) < 4.78 is 0. The molecule has 0 aliphatic carbocycles. The molecule has 0 spiro atoms. The summed E-state index contributed by atoms with van der Waals surface area (Å²) in [5, 5.41) is 0. The summed E-state index contributed by atoms with van der Waals surface area (Å²) in [7, 11) is 0. The smallest absolute Gasteiger partial charge is 0.223 e. The van der Waals surface area contributed by atoms with Gasteiger partial charge >= 0.3 is 0 Å². The molecule has 1 atom stereocenters. The number of carbonyl (C=O) groups is 1. The third-order valence-electron chi connectivity index (χ3n) is 2.63. The van der Waals surface area contributed by atoms with Gasteiger partial charge in [-0.1, -0.05) is 27.7 Å². The van der Waals surface area contributed by atoms with E-state index in [4.69, 9.17) is 0 Å². The zero-order chi connectivity index (χ0) is 11.3. The van der Waals surface area contributed by atoms with Crippen LogP contribution >= 0.6 is 0 Å². The van der Waals surface area contributed by atoms with E-state index >= 15 is 0 Å². The quantitative estimate of drug-likeness (QED) is 0.669. The molecule has 2 nitrogen and oxygen atoms in total. The lowest BCUT2D eigenvalue weighted by molar-refractivity contribution is -0.131. The average Bonchev–Trinajstić information content (AvgIpc) is 2.50. The maximum absolute atomic E-state index is 11.5. The highest BCUT2D eigenvalue weighted by Gasteiger charge is 2.34. The van der Waals surface area contributed by atoms with Gasteiger partial charge in [0.15, 0.2) is 0 Å². The molecule has 84 valence electrons. The van der Waals surface area contributed by atoms with Gasteiger partial charge in [0.2, 0.25) is 5.91 Å². The molecular formula is C12H25NO. The van der Waals surface area contributed by atoms with Gasteiger partial charge in [0.1, 0.15) is 0 Å². The van der Waals surface area contributed by atoms with Crippen molar-refractivity contribution in [3.05, 3.63) is 0 Å². The van der Waals surface area contributed by atoms with Crippen molar-refractivity contribution < 1.29 is 4.79 Å². The number of amides is 1. The molecule has 0 bridgehead atoms. The van der Waals surface area contributed by atoms with E-state index < -0.39 is 0 Å². The van der Waals surface area contributed by atoms with Crippen LogP contribution in [0.15, 0.2) is 0 Å².